The summed E-state index contributed by atoms with van der Waals surface area (Å²) in [6, 6.07) is 0. The van der Waals surface area contributed by atoms with Gasteiger partial charge in [-0.1, -0.05) is 33.8 Å². The van der Waals surface area contributed by atoms with E-state index < -0.39 is 0 Å². The molecule has 0 saturated carbocycles. The van der Waals surface area contributed by atoms with E-state index in [0.717, 1.165) is 18.5 Å². The molecule has 1 rings (SSSR count). The van der Waals surface area contributed by atoms with Gasteiger partial charge in [0.1, 0.15) is 0 Å². The summed E-state index contributed by atoms with van der Waals surface area (Å²) in [7, 11) is 0. The maximum atomic E-state index is 5.61. The Balaban J connectivity index is 3.20. The maximum Gasteiger partial charge on any atom is 0.0531 e. The van der Waals surface area contributed by atoms with Gasteiger partial charge in [-0.05, 0) is 30.9 Å². The molecule has 0 aliphatic carbocycles. The number of hydrogen-bond acceptors (Lipinski definition) is 2. The highest BCUT2D eigenvalue weighted by Crippen LogP contribution is 2.23. The van der Waals surface area contributed by atoms with Crippen molar-refractivity contribution in [3.05, 3.63) is 35.8 Å². The number of nitrogens with two attached hydrogens (primary N) is 1. The quantitative estimate of drug-likeness (QED) is 0.793. The molecule has 0 amide bonds. The molecule has 0 radical (unpaired) electrons. The SMILES string of the molecule is C=C(N)/C=C(/C)n1ncc(C(C)C)c1CCC. The van der Waals surface area contributed by atoms with Crippen LogP contribution < -0.4 is 5.73 Å². The molecule has 1 heterocycles. The van der Waals surface area contributed by atoms with Crippen molar-refractivity contribution in [1.29, 1.82) is 0 Å². The second kappa shape index (κ2) is 5.71. The molecule has 3 nitrogen and oxygen atoms in total. The Kier molecular flexibility index (Phi) is 4.55. The Bertz CT molecular complexity index is 425. The summed E-state index contributed by atoms with van der Waals surface area (Å²) in [4.78, 5) is 0. The Labute approximate surface area is 104 Å². The van der Waals surface area contributed by atoms with Crippen LogP contribution in [0.4, 0.5) is 0 Å². The van der Waals surface area contributed by atoms with E-state index in [-0.39, 0.29) is 0 Å². The van der Waals surface area contributed by atoms with Crippen LogP contribution in [0.25, 0.3) is 5.70 Å². The van der Waals surface area contributed by atoms with Crippen molar-refractivity contribution in [2.24, 2.45) is 5.73 Å². The fourth-order valence-electron chi connectivity index (χ4n) is 1.99. The zero-order valence-electron chi connectivity index (χ0n) is 11.3. The first-order valence-electron chi connectivity index (χ1n) is 6.17. The molecule has 1 aromatic rings. The van der Waals surface area contributed by atoms with Crippen LogP contribution in [0, 0.1) is 0 Å². The van der Waals surface area contributed by atoms with Crippen LogP contribution in [-0.2, 0) is 6.42 Å². The Morgan fingerprint density at radius 2 is 2.24 bits per heavy atom. The average Bonchev–Trinajstić information content (AvgIpc) is 2.61. The van der Waals surface area contributed by atoms with Gasteiger partial charge in [0.05, 0.1) is 6.20 Å². The summed E-state index contributed by atoms with van der Waals surface area (Å²) in [6.07, 6.45) is 5.97. The van der Waals surface area contributed by atoms with E-state index in [0.29, 0.717) is 11.6 Å². The molecule has 2 N–H and O–H groups in total. The minimum Gasteiger partial charge on any atom is -0.399 e. The van der Waals surface area contributed by atoms with E-state index in [1.54, 1.807) is 0 Å². The van der Waals surface area contributed by atoms with Crippen LogP contribution in [0.1, 0.15) is 51.3 Å². The number of hydrogen-bond donors (Lipinski definition) is 1. The van der Waals surface area contributed by atoms with Crippen molar-refractivity contribution in [2.45, 2.75) is 46.5 Å². The molecular formula is C14H23N3. The van der Waals surface area contributed by atoms with Crippen LogP contribution in [0.5, 0.6) is 0 Å². The van der Waals surface area contributed by atoms with Crippen molar-refractivity contribution in [1.82, 2.24) is 9.78 Å². The van der Waals surface area contributed by atoms with Gasteiger partial charge in [-0.15, -0.1) is 0 Å². The number of allylic oxidation sites excluding steroid dienone is 2. The summed E-state index contributed by atoms with van der Waals surface area (Å²) in [5.41, 5.74) is 9.80. The van der Waals surface area contributed by atoms with E-state index in [1.807, 2.05) is 23.9 Å². The second-order valence-corrected chi connectivity index (χ2v) is 4.72. The summed E-state index contributed by atoms with van der Waals surface area (Å²) in [5.74, 6) is 0.499. The van der Waals surface area contributed by atoms with E-state index in [4.69, 9.17) is 5.73 Å². The van der Waals surface area contributed by atoms with Crippen LogP contribution in [0.2, 0.25) is 0 Å². The molecule has 1 aromatic heterocycles. The number of rotatable bonds is 5. The predicted molar refractivity (Wildman–Crippen MR) is 73.6 cm³/mol. The third kappa shape index (κ3) is 3.22. The van der Waals surface area contributed by atoms with Gasteiger partial charge >= 0.3 is 0 Å². The van der Waals surface area contributed by atoms with E-state index in [1.165, 1.54) is 11.3 Å². The van der Waals surface area contributed by atoms with E-state index in [2.05, 4.69) is 32.4 Å². The van der Waals surface area contributed by atoms with Crippen molar-refractivity contribution in [2.75, 3.05) is 0 Å². The van der Waals surface area contributed by atoms with Crippen LogP contribution in [-0.4, -0.2) is 9.78 Å². The van der Waals surface area contributed by atoms with Crippen molar-refractivity contribution >= 4 is 5.70 Å². The highest BCUT2D eigenvalue weighted by molar-refractivity contribution is 5.48. The van der Waals surface area contributed by atoms with Gasteiger partial charge in [-0.3, -0.25) is 0 Å². The monoisotopic (exact) mass is 233 g/mol. The molecule has 0 atom stereocenters. The third-order valence-corrected chi connectivity index (χ3v) is 2.74. The summed E-state index contributed by atoms with van der Waals surface area (Å²) < 4.78 is 1.98. The average molecular weight is 233 g/mol. The van der Waals surface area contributed by atoms with E-state index in [9.17, 15) is 0 Å². The van der Waals surface area contributed by atoms with Gasteiger partial charge in [0, 0.05) is 17.1 Å². The fourth-order valence-corrected chi connectivity index (χ4v) is 1.99. The molecule has 3 heteroatoms. The largest absolute Gasteiger partial charge is 0.399 e. The van der Waals surface area contributed by atoms with Crippen molar-refractivity contribution in [3.8, 4) is 0 Å². The third-order valence-electron chi connectivity index (χ3n) is 2.74. The molecular weight excluding hydrogens is 210 g/mol. The van der Waals surface area contributed by atoms with Gasteiger partial charge in [-0.2, -0.15) is 5.10 Å². The molecule has 0 unspecified atom stereocenters. The van der Waals surface area contributed by atoms with Crippen LogP contribution >= 0.6 is 0 Å². The zero-order chi connectivity index (χ0) is 13.0. The highest BCUT2D eigenvalue weighted by Gasteiger charge is 2.13. The van der Waals surface area contributed by atoms with Gasteiger partial charge in [-0.25, -0.2) is 4.68 Å². The fraction of sp³-hybridized carbons (Fsp3) is 0.500. The minimum absolute atomic E-state index is 0.499. The molecule has 0 fully saturated rings. The molecule has 0 saturated heterocycles. The van der Waals surface area contributed by atoms with Crippen molar-refractivity contribution in [3.63, 3.8) is 0 Å². The van der Waals surface area contributed by atoms with Gasteiger partial charge in [0.2, 0.25) is 0 Å². The van der Waals surface area contributed by atoms with Gasteiger partial charge in [0.25, 0.3) is 0 Å². The lowest BCUT2D eigenvalue weighted by molar-refractivity contribution is 0.760. The van der Waals surface area contributed by atoms with Gasteiger partial charge in [0.15, 0.2) is 0 Å². The number of nitrogens with zero attached hydrogens (tertiary/aromatic N) is 2. The predicted octanol–water partition coefficient (Wildman–Crippen LogP) is 3.29. The minimum atomic E-state index is 0.499. The van der Waals surface area contributed by atoms with Gasteiger partial charge < -0.3 is 5.73 Å². The maximum absolute atomic E-state index is 5.61. The molecule has 0 aliphatic rings. The molecule has 0 bridgehead atoms. The van der Waals surface area contributed by atoms with Crippen molar-refractivity contribution < 1.29 is 0 Å². The second-order valence-electron chi connectivity index (χ2n) is 4.72. The lowest BCUT2D eigenvalue weighted by Crippen LogP contribution is -2.05. The first-order valence-corrected chi connectivity index (χ1v) is 6.17. The Morgan fingerprint density at radius 3 is 2.71 bits per heavy atom. The lowest BCUT2D eigenvalue weighted by Gasteiger charge is -2.11. The topological polar surface area (TPSA) is 43.8 Å². The molecule has 0 spiro atoms. The van der Waals surface area contributed by atoms with Crippen LogP contribution in [0.15, 0.2) is 24.5 Å². The zero-order valence-corrected chi connectivity index (χ0v) is 11.3. The highest BCUT2D eigenvalue weighted by atomic mass is 15.3. The summed E-state index contributed by atoms with van der Waals surface area (Å²) in [6.45, 7) is 12.3. The summed E-state index contributed by atoms with van der Waals surface area (Å²) in [5, 5.41) is 4.46. The number of aromatic nitrogens is 2. The Morgan fingerprint density at radius 1 is 1.59 bits per heavy atom. The standard InChI is InChI=1S/C14H23N3/c1-6-7-14-13(10(2)3)9-16-17(14)12(5)8-11(4)15/h8-10H,4,6-7,15H2,1-3,5H3/b12-8-. The first kappa shape index (κ1) is 13.6. The molecule has 0 aliphatic heterocycles. The smallest absolute Gasteiger partial charge is 0.0531 e. The Hall–Kier alpha value is -1.51. The molecule has 17 heavy (non-hydrogen) atoms. The first-order chi connectivity index (χ1) is 7.97. The lowest BCUT2D eigenvalue weighted by atomic mass is 10.0. The molecule has 94 valence electrons. The normalized spacial score (nSPS) is 12.2. The molecule has 0 aromatic carbocycles. The van der Waals surface area contributed by atoms with Crippen LogP contribution in [0.3, 0.4) is 0 Å². The summed E-state index contributed by atoms with van der Waals surface area (Å²) >= 11 is 0. The van der Waals surface area contributed by atoms with E-state index >= 15 is 0 Å².